The zero-order chi connectivity index (χ0) is 14.1. The van der Waals surface area contributed by atoms with Crippen molar-refractivity contribution < 1.29 is 9.63 Å². The summed E-state index contributed by atoms with van der Waals surface area (Å²) in [6.07, 6.45) is 0. The molecule has 5 heteroatoms. The second kappa shape index (κ2) is 4.94. The molecule has 0 bridgehead atoms. The van der Waals surface area contributed by atoms with Gasteiger partial charge in [-0.1, -0.05) is 12.1 Å². The van der Waals surface area contributed by atoms with E-state index in [2.05, 4.69) is 5.48 Å². The first kappa shape index (κ1) is 12.6. The number of hydrogen-bond acceptors (Lipinski definition) is 5. The fourth-order valence-corrected chi connectivity index (χ4v) is 3.05. The molecule has 0 fully saturated rings. The van der Waals surface area contributed by atoms with Crippen molar-refractivity contribution in [2.24, 2.45) is 0 Å². The minimum atomic E-state index is -0.436. The van der Waals surface area contributed by atoms with Gasteiger partial charge in [0.2, 0.25) is 0 Å². The Bertz CT molecular complexity index is 870. The van der Waals surface area contributed by atoms with Gasteiger partial charge in [0.1, 0.15) is 0 Å². The first-order valence-electron chi connectivity index (χ1n) is 6.04. The molecule has 0 spiro atoms. The van der Waals surface area contributed by atoms with Crippen molar-refractivity contribution in [2.45, 2.75) is 6.92 Å². The molecule has 0 amide bonds. The van der Waals surface area contributed by atoms with Crippen LogP contribution in [0.2, 0.25) is 0 Å². The Hall–Kier alpha value is -2.40. The highest BCUT2D eigenvalue weighted by molar-refractivity contribution is 7.24. The van der Waals surface area contributed by atoms with Gasteiger partial charge in [0.25, 0.3) is 0 Å². The number of carbonyl (C=O) groups is 1. The third kappa shape index (κ3) is 2.23. The van der Waals surface area contributed by atoms with Gasteiger partial charge in [-0.15, -0.1) is 11.3 Å². The summed E-state index contributed by atoms with van der Waals surface area (Å²) in [7, 11) is 0. The van der Waals surface area contributed by atoms with Crippen LogP contribution < -0.4 is 10.9 Å². The lowest BCUT2D eigenvalue weighted by Gasteiger charge is -2.06. The Labute approximate surface area is 118 Å². The van der Waals surface area contributed by atoms with E-state index < -0.39 is 5.97 Å². The lowest BCUT2D eigenvalue weighted by molar-refractivity contribution is -0.138. The predicted octanol–water partition coefficient (Wildman–Crippen LogP) is 3.30. The Balaban J connectivity index is 2.18. The summed E-state index contributed by atoms with van der Waals surface area (Å²) in [5, 5.41) is 1.32. The third-order valence-electron chi connectivity index (χ3n) is 2.89. The predicted molar refractivity (Wildman–Crippen MR) is 81.0 cm³/mol. The first-order chi connectivity index (χ1) is 9.65. The molecule has 0 unspecified atom stereocenters. The van der Waals surface area contributed by atoms with E-state index in [4.69, 9.17) is 4.84 Å². The summed E-state index contributed by atoms with van der Waals surface area (Å²) >= 11 is 1.56. The van der Waals surface area contributed by atoms with Gasteiger partial charge < -0.3 is 4.84 Å². The monoisotopic (exact) mass is 285 g/mol. The van der Waals surface area contributed by atoms with E-state index in [0.717, 1.165) is 9.40 Å². The van der Waals surface area contributed by atoms with Crippen LogP contribution in [0.1, 0.15) is 6.92 Å². The van der Waals surface area contributed by atoms with E-state index in [1.54, 1.807) is 23.5 Å². The molecule has 0 aliphatic heterocycles. The third-order valence-corrected chi connectivity index (χ3v) is 4.04. The van der Waals surface area contributed by atoms with Crippen LogP contribution in [0.5, 0.6) is 0 Å². The Morgan fingerprint density at radius 3 is 2.65 bits per heavy atom. The SMILES string of the molecule is CC(=O)ONc1ccc2sc3ccccc3c(=O)c2c1. The number of nitrogens with one attached hydrogen (secondary N) is 1. The fourth-order valence-electron chi connectivity index (χ4n) is 2.00. The van der Waals surface area contributed by atoms with Gasteiger partial charge in [0.15, 0.2) is 5.43 Å². The van der Waals surface area contributed by atoms with Crippen molar-refractivity contribution in [1.82, 2.24) is 0 Å². The van der Waals surface area contributed by atoms with Crippen molar-refractivity contribution in [3.63, 3.8) is 0 Å². The van der Waals surface area contributed by atoms with Crippen LogP contribution in [0.4, 0.5) is 5.69 Å². The quantitative estimate of drug-likeness (QED) is 0.580. The summed E-state index contributed by atoms with van der Waals surface area (Å²) < 4.78 is 1.87. The molecule has 0 saturated carbocycles. The summed E-state index contributed by atoms with van der Waals surface area (Å²) in [4.78, 5) is 27.9. The molecule has 3 aromatic rings. The summed E-state index contributed by atoms with van der Waals surface area (Å²) in [6, 6.07) is 12.8. The molecular formula is C15H11NO3S. The summed E-state index contributed by atoms with van der Waals surface area (Å²) in [5.41, 5.74) is 3.09. The number of hydrogen-bond donors (Lipinski definition) is 1. The number of carbonyl (C=O) groups excluding carboxylic acids is 1. The molecule has 1 N–H and O–H groups in total. The molecule has 20 heavy (non-hydrogen) atoms. The van der Waals surface area contributed by atoms with Crippen molar-refractivity contribution in [2.75, 3.05) is 5.48 Å². The standard InChI is InChI=1S/C15H11NO3S/c1-9(17)19-16-10-6-7-14-12(8-10)15(18)11-4-2-3-5-13(11)20-14/h2-8,16H,1H3. The van der Waals surface area contributed by atoms with E-state index >= 15 is 0 Å². The van der Waals surface area contributed by atoms with Crippen molar-refractivity contribution in [3.05, 3.63) is 52.7 Å². The van der Waals surface area contributed by atoms with Crippen LogP contribution in [-0.4, -0.2) is 5.97 Å². The number of benzene rings is 2. The largest absolute Gasteiger partial charge is 0.344 e. The zero-order valence-electron chi connectivity index (χ0n) is 10.7. The van der Waals surface area contributed by atoms with Gasteiger partial charge in [0, 0.05) is 27.1 Å². The van der Waals surface area contributed by atoms with E-state index in [1.807, 2.05) is 30.3 Å². The number of rotatable bonds is 2. The molecule has 2 aromatic carbocycles. The summed E-state index contributed by atoms with van der Waals surface area (Å²) in [5.74, 6) is -0.436. The molecule has 1 heterocycles. The molecule has 4 nitrogen and oxygen atoms in total. The van der Waals surface area contributed by atoms with Gasteiger partial charge in [0.05, 0.1) is 5.69 Å². The van der Waals surface area contributed by atoms with Crippen LogP contribution in [0.3, 0.4) is 0 Å². The molecule has 0 aliphatic carbocycles. The normalized spacial score (nSPS) is 10.7. The van der Waals surface area contributed by atoms with Crippen LogP contribution in [0.25, 0.3) is 20.2 Å². The lowest BCUT2D eigenvalue weighted by atomic mass is 10.2. The number of anilines is 1. The minimum absolute atomic E-state index is 0.0131. The van der Waals surface area contributed by atoms with Gasteiger partial charge >= 0.3 is 5.97 Å². The fraction of sp³-hybridized carbons (Fsp3) is 0.0667. The van der Waals surface area contributed by atoms with E-state index in [-0.39, 0.29) is 5.43 Å². The molecule has 0 aliphatic rings. The first-order valence-corrected chi connectivity index (χ1v) is 6.86. The number of fused-ring (bicyclic) bond motifs is 2. The Morgan fingerprint density at radius 1 is 1.10 bits per heavy atom. The molecule has 0 atom stereocenters. The maximum Gasteiger partial charge on any atom is 0.329 e. The van der Waals surface area contributed by atoms with Crippen molar-refractivity contribution >= 4 is 43.2 Å². The van der Waals surface area contributed by atoms with E-state index in [9.17, 15) is 9.59 Å². The zero-order valence-corrected chi connectivity index (χ0v) is 11.5. The van der Waals surface area contributed by atoms with Crippen LogP contribution in [-0.2, 0) is 9.63 Å². The average molecular weight is 285 g/mol. The van der Waals surface area contributed by atoms with Crippen LogP contribution in [0, 0.1) is 0 Å². The molecule has 0 saturated heterocycles. The molecular weight excluding hydrogens is 274 g/mol. The van der Waals surface area contributed by atoms with Crippen LogP contribution in [0.15, 0.2) is 47.3 Å². The maximum absolute atomic E-state index is 12.4. The highest BCUT2D eigenvalue weighted by Crippen LogP contribution is 2.26. The van der Waals surface area contributed by atoms with Gasteiger partial charge in [-0.05, 0) is 30.3 Å². The van der Waals surface area contributed by atoms with Crippen LogP contribution >= 0.6 is 11.3 Å². The van der Waals surface area contributed by atoms with Crippen molar-refractivity contribution in [1.29, 1.82) is 0 Å². The average Bonchev–Trinajstić information content (AvgIpc) is 2.46. The molecule has 3 rings (SSSR count). The van der Waals surface area contributed by atoms with Gasteiger partial charge in [-0.2, -0.15) is 0 Å². The highest BCUT2D eigenvalue weighted by Gasteiger charge is 2.06. The van der Waals surface area contributed by atoms with E-state index in [0.29, 0.717) is 16.5 Å². The van der Waals surface area contributed by atoms with Gasteiger partial charge in [-0.3, -0.25) is 9.59 Å². The lowest BCUT2D eigenvalue weighted by Crippen LogP contribution is -2.07. The molecule has 1 aromatic heterocycles. The Morgan fingerprint density at radius 2 is 1.85 bits per heavy atom. The topological polar surface area (TPSA) is 55.4 Å². The van der Waals surface area contributed by atoms with Gasteiger partial charge in [-0.25, -0.2) is 5.48 Å². The Kier molecular flexibility index (Phi) is 3.12. The minimum Gasteiger partial charge on any atom is -0.344 e. The molecule has 0 radical (unpaired) electrons. The summed E-state index contributed by atoms with van der Waals surface area (Å²) in [6.45, 7) is 1.31. The molecule has 100 valence electrons. The maximum atomic E-state index is 12.4. The van der Waals surface area contributed by atoms with E-state index in [1.165, 1.54) is 6.92 Å². The highest BCUT2D eigenvalue weighted by atomic mass is 32.1. The smallest absolute Gasteiger partial charge is 0.329 e. The second-order valence-electron chi connectivity index (χ2n) is 4.33. The second-order valence-corrected chi connectivity index (χ2v) is 5.42. The van der Waals surface area contributed by atoms with Crippen molar-refractivity contribution in [3.8, 4) is 0 Å².